The Morgan fingerprint density at radius 1 is 1.44 bits per heavy atom. The molecule has 0 radical (unpaired) electrons. The molecular formula is C14H19NO3. The lowest BCUT2D eigenvalue weighted by atomic mass is 9.90. The number of fused-ring (bicyclic) bond motifs is 1. The van der Waals surface area contributed by atoms with Crippen molar-refractivity contribution in [2.45, 2.75) is 25.4 Å². The fourth-order valence-electron chi connectivity index (χ4n) is 2.26. The molecular weight excluding hydrogens is 230 g/mol. The van der Waals surface area contributed by atoms with Crippen LogP contribution in [0, 0.1) is 0 Å². The molecule has 2 rings (SSSR count). The van der Waals surface area contributed by atoms with Crippen LogP contribution in [-0.2, 0) is 6.42 Å². The molecule has 0 saturated carbocycles. The fourth-order valence-corrected chi connectivity index (χ4v) is 2.26. The van der Waals surface area contributed by atoms with Crippen LogP contribution < -0.4 is 10.1 Å². The Bertz CT molecular complexity index is 431. The van der Waals surface area contributed by atoms with Crippen molar-refractivity contribution in [2.24, 2.45) is 0 Å². The Balaban J connectivity index is 2.09. The van der Waals surface area contributed by atoms with Crippen molar-refractivity contribution in [1.82, 2.24) is 5.32 Å². The highest BCUT2D eigenvalue weighted by atomic mass is 16.5. The molecule has 0 bridgehead atoms. The summed E-state index contributed by atoms with van der Waals surface area (Å²) in [6.45, 7) is 0.736. The molecule has 2 N–H and O–H groups in total. The van der Waals surface area contributed by atoms with Crippen molar-refractivity contribution in [3.05, 3.63) is 29.3 Å². The van der Waals surface area contributed by atoms with E-state index >= 15 is 0 Å². The lowest BCUT2D eigenvalue weighted by molar-refractivity contribution is 0.0966. The first-order valence-electron chi connectivity index (χ1n) is 6.33. The monoisotopic (exact) mass is 249 g/mol. The maximum atomic E-state index is 11.8. The van der Waals surface area contributed by atoms with Crippen LogP contribution in [0.2, 0.25) is 0 Å². The number of carbonyl (C=O) groups excluding carboxylic acids is 1. The summed E-state index contributed by atoms with van der Waals surface area (Å²) in [6.07, 6.45) is 1.84. The number of ether oxygens (including phenoxy) is 1. The minimum absolute atomic E-state index is 0.192. The highest BCUT2D eigenvalue weighted by Gasteiger charge is 2.20. The predicted octanol–water partition coefficient (Wildman–Crippen LogP) is 1.16. The Labute approximate surface area is 107 Å². The number of Topliss-reactive ketones (excluding diaryl/α,β-unsaturated/α-hetero) is 1. The minimum atomic E-state index is -0.537. The molecule has 0 amide bonds. The number of nitrogens with one attached hydrogen (secondary N) is 1. The standard InChI is InChI=1S/C14H19NO3/c1-15-8-10(16)9-18-14-7-3-4-11-12(14)5-2-6-13(11)17/h3-4,7,10,15-16H,2,5-6,8-9H2,1H3. The molecule has 18 heavy (non-hydrogen) atoms. The smallest absolute Gasteiger partial charge is 0.163 e. The Morgan fingerprint density at radius 3 is 3.06 bits per heavy atom. The molecule has 0 heterocycles. The number of hydrogen-bond acceptors (Lipinski definition) is 4. The molecule has 98 valence electrons. The molecule has 1 aromatic rings. The van der Waals surface area contributed by atoms with Gasteiger partial charge in [0, 0.05) is 24.1 Å². The fraction of sp³-hybridized carbons (Fsp3) is 0.500. The second-order valence-corrected chi connectivity index (χ2v) is 4.58. The van der Waals surface area contributed by atoms with Gasteiger partial charge < -0.3 is 15.2 Å². The minimum Gasteiger partial charge on any atom is -0.491 e. The summed E-state index contributed by atoms with van der Waals surface area (Å²) in [5.74, 6) is 0.924. The lowest BCUT2D eigenvalue weighted by Crippen LogP contribution is -2.29. The molecule has 0 saturated heterocycles. The van der Waals surface area contributed by atoms with Gasteiger partial charge in [-0.3, -0.25) is 4.79 Å². The molecule has 1 aliphatic rings. The summed E-state index contributed by atoms with van der Waals surface area (Å²) in [4.78, 5) is 11.8. The van der Waals surface area contributed by atoms with E-state index in [1.807, 2.05) is 18.2 Å². The highest BCUT2D eigenvalue weighted by molar-refractivity contribution is 5.99. The molecule has 1 unspecified atom stereocenters. The zero-order valence-corrected chi connectivity index (χ0v) is 10.6. The first-order chi connectivity index (χ1) is 8.72. The van der Waals surface area contributed by atoms with Crippen LogP contribution in [0.1, 0.15) is 28.8 Å². The van der Waals surface area contributed by atoms with Gasteiger partial charge in [0.2, 0.25) is 0 Å². The summed E-state index contributed by atoms with van der Waals surface area (Å²) in [5, 5.41) is 12.5. The van der Waals surface area contributed by atoms with Crippen molar-refractivity contribution in [2.75, 3.05) is 20.2 Å². The normalized spacial score (nSPS) is 16.2. The maximum absolute atomic E-state index is 11.8. The van der Waals surface area contributed by atoms with Gasteiger partial charge in [-0.1, -0.05) is 12.1 Å². The van der Waals surface area contributed by atoms with Crippen LogP contribution in [0.3, 0.4) is 0 Å². The van der Waals surface area contributed by atoms with E-state index in [9.17, 15) is 9.90 Å². The van der Waals surface area contributed by atoms with E-state index in [0.29, 0.717) is 13.0 Å². The van der Waals surface area contributed by atoms with Crippen LogP contribution in [0.5, 0.6) is 5.75 Å². The zero-order chi connectivity index (χ0) is 13.0. The Morgan fingerprint density at radius 2 is 2.28 bits per heavy atom. The van der Waals surface area contributed by atoms with E-state index in [4.69, 9.17) is 4.74 Å². The lowest BCUT2D eigenvalue weighted by Gasteiger charge is -2.19. The van der Waals surface area contributed by atoms with E-state index in [1.54, 1.807) is 7.05 Å². The van der Waals surface area contributed by atoms with E-state index in [2.05, 4.69) is 5.32 Å². The number of aliphatic hydroxyl groups excluding tert-OH is 1. The summed E-state index contributed by atoms with van der Waals surface area (Å²) >= 11 is 0. The molecule has 0 aromatic heterocycles. The van der Waals surface area contributed by atoms with E-state index in [0.717, 1.165) is 29.7 Å². The van der Waals surface area contributed by atoms with Crippen molar-refractivity contribution in [3.8, 4) is 5.75 Å². The summed E-state index contributed by atoms with van der Waals surface area (Å²) in [5.41, 5.74) is 1.77. The van der Waals surface area contributed by atoms with Crippen LogP contribution in [-0.4, -0.2) is 37.2 Å². The average molecular weight is 249 g/mol. The maximum Gasteiger partial charge on any atom is 0.163 e. The molecule has 0 spiro atoms. The van der Waals surface area contributed by atoms with Crippen molar-refractivity contribution in [3.63, 3.8) is 0 Å². The van der Waals surface area contributed by atoms with Gasteiger partial charge in [-0.15, -0.1) is 0 Å². The molecule has 1 aliphatic carbocycles. The van der Waals surface area contributed by atoms with E-state index in [1.165, 1.54) is 0 Å². The largest absolute Gasteiger partial charge is 0.491 e. The predicted molar refractivity (Wildman–Crippen MR) is 69.1 cm³/mol. The van der Waals surface area contributed by atoms with Crippen LogP contribution in [0.15, 0.2) is 18.2 Å². The number of rotatable bonds is 5. The Kier molecular flexibility index (Phi) is 4.33. The van der Waals surface area contributed by atoms with E-state index in [-0.39, 0.29) is 12.4 Å². The van der Waals surface area contributed by atoms with Gasteiger partial charge in [0.1, 0.15) is 18.5 Å². The van der Waals surface area contributed by atoms with Crippen LogP contribution >= 0.6 is 0 Å². The summed E-state index contributed by atoms with van der Waals surface area (Å²) in [7, 11) is 1.78. The highest BCUT2D eigenvalue weighted by Crippen LogP contribution is 2.29. The molecule has 4 heteroatoms. The molecule has 0 aliphatic heterocycles. The van der Waals surface area contributed by atoms with Gasteiger partial charge in [0.05, 0.1) is 0 Å². The molecule has 1 aromatic carbocycles. The average Bonchev–Trinajstić information content (AvgIpc) is 2.37. The van der Waals surface area contributed by atoms with Gasteiger partial charge in [-0.05, 0) is 26.0 Å². The third kappa shape index (κ3) is 2.89. The van der Waals surface area contributed by atoms with Gasteiger partial charge in [-0.25, -0.2) is 0 Å². The van der Waals surface area contributed by atoms with Gasteiger partial charge in [0.15, 0.2) is 5.78 Å². The summed E-state index contributed by atoms with van der Waals surface area (Å²) < 4.78 is 5.62. The third-order valence-corrected chi connectivity index (χ3v) is 3.14. The van der Waals surface area contributed by atoms with Crippen LogP contribution in [0.4, 0.5) is 0 Å². The number of hydrogen-bond donors (Lipinski definition) is 2. The third-order valence-electron chi connectivity index (χ3n) is 3.14. The van der Waals surface area contributed by atoms with Gasteiger partial charge >= 0.3 is 0 Å². The van der Waals surface area contributed by atoms with Crippen molar-refractivity contribution in [1.29, 1.82) is 0 Å². The molecule has 4 nitrogen and oxygen atoms in total. The summed E-state index contributed by atoms with van der Waals surface area (Å²) in [6, 6.07) is 5.55. The quantitative estimate of drug-likeness (QED) is 0.822. The van der Waals surface area contributed by atoms with Crippen LogP contribution in [0.25, 0.3) is 0 Å². The SMILES string of the molecule is CNCC(O)COc1cccc2c1CCCC2=O. The topological polar surface area (TPSA) is 58.6 Å². The molecule has 0 fully saturated rings. The van der Waals surface area contributed by atoms with Crippen molar-refractivity contribution >= 4 is 5.78 Å². The number of aliphatic hydroxyl groups is 1. The first-order valence-corrected chi connectivity index (χ1v) is 6.33. The van der Waals surface area contributed by atoms with E-state index < -0.39 is 6.10 Å². The second-order valence-electron chi connectivity index (χ2n) is 4.58. The molecule has 1 atom stereocenters. The van der Waals surface area contributed by atoms with Gasteiger partial charge in [-0.2, -0.15) is 0 Å². The number of likely N-dealkylation sites (N-methyl/N-ethyl adjacent to an activating group) is 1. The number of carbonyl (C=O) groups is 1. The second kappa shape index (κ2) is 5.98. The number of ketones is 1. The first kappa shape index (κ1) is 13.1. The number of benzene rings is 1. The Hall–Kier alpha value is -1.39. The van der Waals surface area contributed by atoms with Gasteiger partial charge in [0.25, 0.3) is 0 Å². The zero-order valence-electron chi connectivity index (χ0n) is 10.6. The van der Waals surface area contributed by atoms with Crippen molar-refractivity contribution < 1.29 is 14.6 Å².